The van der Waals surface area contributed by atoms with Gasteiger partial charge in [0.1, 0.15) is 11.9 Å². The number of nitrogens with two attached hydrogens (primary N) is 1. The SMILES string of the molecule is COc1ccccc1O[C@@H]1C[C@@H]2CN(c3cc(C)nc(N)n3)C[C@@H]2C[C@H]1O. The highest BCUT2D eigenvalue weighted by Gasteiger charge is 2.43. The molecule has 1 saturated heterocycles. The van der Waals surface area contributed by atoms with Crippen molar-refractivity contribution < 1.29 is 14.6 Å². The van der Waals surface area contributed by atoms with Crippen LogP contribution in [0.3, 0.4) is 0 Å². The van der Waals surface area contributed by atoms with Crippen molar-refractivity contribution in [3.05, 3.63) is 36.0 Å². The molecule has 7 heteroatoms. The highest BCUT2D eigenvalue weighted by Crippen LogP contribution is 2.40. The summed E-state index contributed by atoms with van der Waals surface area (Å²) in [6.45, 7) is 3.68. The van der Waals surface area contributed by atoms with Crippen LogP contribution in [0.1, 0.15) is 18.5 Å². The number of rotatable bonds is 4. The Balaban J connectivity index is 1.47. The van der Waals surface area contributed by atoms with Crippen molar-refractivity contribution in [2.75, 3.05) is 30.8 Å². The summed E-state index contributed by atoms with van der Waals surface area (Å²) in [5.41, 5.74) is 6.68. The standard InChI is InChI=1S/C20H26N4O3/c1-12-7-19(23-20(21)22-12)24-10-13-8-15(25)18(9-14(13)11-24)27-17-6-4-3-5-16(17)26-2/h3-7,13-15,18,25H,8-11H2,1-2H3,(H2,21,22,23)/t13-,14+,15+,18+/m0/s1. The maximum Gasteiger partial charge on any atom is 0.222 e. The average molecular weight is 370 g/mol. The molecular weight excluding hydrogens is 344 g/mol. The molecule has 144 valence electrons. The van der Waals surface area contributed by atoms with Crippen molar-refractivity contribution in [1.29, 1.82) is 0 Å². The lowest BCUT2D eigenvalue weighted by atomic mass is 9.78. The fraction of sp³-hybridized carbons (Fsp3) is 0.500. The molecule has 1 saturated carbocycles. The molecule has 0 spiro atoms. The van der Waals surface area contributed by atoms with Gasteiger partial charge in [-0.3, -0.25) is 0 Å². The van der Waals surface area contributed by atoms with Crippen LogP contribution >= 0.6 is 0 Å². The van der Waals surface area contributed by atoms with Gasteiger partial charge in [0, 0.05) is 24.8 Å². The number of aliphatic hydroxyl groups is 1. The lowest BCUT2D eigenvalue weighted by Gasteiger charge is -2.35. The number of aromatic nitrogens is 2. The zero-order valence-electron chi connectivity index (χ0n) is 15.7. The Morgan fingerprint density at radius 1 is 1.11 bits per heavy atom. The van der Waals surface area contributed by atoms with Crippen molar-refractivity contribution in [3.63, 3.8) is 0 Å². The lowest BCUT2D eigenvalue weighted by molar-refractivity contribution is -0.0240. The number of anilines is 2. The Morgan fingerprint density at radius 2 is 1.81 bits per heavy atom. The van der Waals surface area contributed by atoms with E-state index in [4.69, 9.17) is 15.2 Å². The van der Waals surface area contributed by atoms with Crippen molar-refractivity contribution in [1.82, 2.24) is 9.97 Å². The summed E-state index contributed by atoms with van der Waals surface area (Å²) in [5.74, 6) is 3.41. The van der Waals surface area contributed by atoms with Crippen LogP contribution in [-0.4, -0.2) is 47.5 Å². The van der Waals surface area contributed by atoms with E-state index in [-0.39, 0.29) is 6.10 Å². The van der Waals surface area contributed by atoms with Crippen LogP contribution < -0.4 is 20.1 Å². The van der Waals surface area contributed by atoms with Gasteiger partial charge in [-0.2, -0.15) is 4.98 Å². The highest BCUT2D eigenvalue weighted by atomic mass is 16.5. The second-order valence-corrected chi connectivity index (χ2v) is 7.50. The van der Waals surface area contributed by atoms with Gasteiger partial charge in [-0.05, 0) is 43.7 Å². The fourth-order valence-electron chi connectivity index (χ4n) is 4.32. The molecule has 2 aliphatic rings. The zero-order valence-corrected chi connectivity index (χ0v) is 15.7. The molecule has 2 heterocycles. The van der Waals surface area contributed by atoms with E-state index in [1.807, 2.05) is 37.3 Å². The number of hydrogen-bond acceptors (Lipinski definition) is 7. The Morgan fingerprint density at radius 3 is 2.52 bits per heavy atom. The van der Waals surface area contributed by atoms with Crippen LogP contribution in [0.4, 0.5) is 11.8 Å². The van der Waals surface area contributed by atoms with E-state index in [0.717, 1.165) is 37.4 Å². The number of fused-ring (bicyclic) bond motifs is 1. The third kappa shape index (κ3) is 3.64. The summed E-state index contributed by atoms with van der Waals surface area (Å²) in [5, 5.41) is 10.7. The normalized spacial score (nSPS) is 27.3. The third-order valence-electron chi connectivity index (χ3n) is 5.61. The van der Waals surface area contributed by atoms with E-state index in [2.05, 4.69) is 14.9 Å². The summed E-state index contributed by atoms with van der Waals surface area (Å²) >= 11 is 0. The predicted molar refractivity (Wildman–Crippen MR) is 103 cm³/mol. The lowest BCUT2D eigenvalue weighted by Crippen LogP contribution is -2.42. The van der Waals surface area contributed by atoms with E-state index in [0.29, 0.717) is 29.3 Å². The monoisotopic (exact) mass is 370 g/mol. The second-order valence-electron chi connectivity index (χ2n) is 7.50. The van der Waals surface area contributed by atoms with Crippen LogP contribution in [-0.2, 0) is 0 Å². The molecule has 4 rings (SSSR count). The summed E-state index contributed by atoms with van der Waals surface area (Å²) in [7, 11) is 1.62. The molecule has 27 heavy (non-hydrogen) atoms. The Kier molecular flexibility index (Phi) is 4.78. The predicted octanol–water partition coefficient (Wildman–Crippen LogP) is 2.03. The van der Waals surface area contributed by atoms with Crippen LogP contribution in [0, 0.1) is 18.8 Å². The molecule has 4 atom stereocenters. The molecule has 2 aromatic rings. The number of hydrogen-bond donors (Lipinski definition) is 2. The van der Waals surface area contributed by atoms with E-state index in [1.54, 1.807) is 7.11 Å². The highest BCUT2D eigenvalue weighted by molar-refractivity contribution is 5.45. The van der Waals surface area contributed by atoms with Gasteiger partial charge in [-0.25, -0.2) is 4.98 Å². The van der Waals surface area contributed by atoms with Gasteiger partial charge in [0.2, 0.25) is 5.95 Å². The number of methoxy groups -OCH3 is 1. The molecule has 0 unspecified atom stereocenters. The molecule has 0 amide bonds. The number of aryl methyl sites for hydroxylation is 1. The first kappa shape index (κ1) is 17.9. The molecule has 1 aromatic heterocycles. The van der Waals surface area contributed by atoms with Gasteiger partial charge in [-0.1, -0.05) is 12.1 Å². The van der Waals surface area contributed by atoms with Gasteiger partial charge in [0.15, 0.2) is 11.5 Å². The number of benzene rings is 1. The minimum atomic E-state index is -0.492. The number of ether oxygens (including phenoxy) is 2. The Hall–Kier alpha value is -2.54. The molecule has 7 nitrogen and oxygen atoms in total. The first-order valence-corrected chi connectivity index (χ1v) is 9.37. The maximum absolute atomic E-state index is 10.7. The molecule has 3 N–H and O–H groups in total. The Labute approximate surface area is 159 Å². The molecule has 1 aliphatic heterocycles. The van der Waals surface area contributed by atoms with E-state index in [9.17, 15) is 5.11 Å². The molecule has 1 aliphatic carbocycles. The number of nitrogens with zero attached hydrogens (tertiary/aromatic N) is 3. The van der Waals surface area contributed by atoms with Gasteiger partial charge in [0.05, 0.1) is 13.2 Å². The van der Waals surface area contributed by atoms with Crippen molar-refractivity contribution in [2.24, 2.45) is 11.8 Å². The zero-order chi connectivity index (χ0) is 19.0. The van der Waals surface area contributed by atoms with Gasteiger partial charge in [0.25, 0.3) is 0 Å². The third-order valence-corrected chi connectivity index (χ3v) is 5.61. The summed E-state index contributed by atoms with van der Waals surface area (Å²) < 4.78 is 11.5. The maximum atomic E-state index is 10.7. The number of nitrogen functional groups attached to an aromatic ring is 1. The summed E-state index contributed by atoms with van der Waals surface area (Å²) in [6, 6.07) is 9.53. The first-order valence-electron chi connectivity index (χ1n) is 9.37. The van der Waals surface area contributed by atoms with E-state index < -0.39 is 6.10 Å². The van der Waals surface area contributed by atoms with E-state index in [1.165, 1.54) is 0 Å². The van der Waals surface area contributed by atoms with Gasteiger partial charge < -0.3 is 25.2 Å². The second kappa shape index (κ2) is 7.23. The van der Waals surface area contributed by atoms with Gasteiger partial charge in [-0.15, -0.1) is 0 Å². The summed E-state index contributed by atoms with van der Waals surface area (Å²) in [4.78, 5) is 10.8. The largest absolute Gasteiger partial charge is 0.493 e. The fourth-order valence-corrected chi connectivity index (χ4v) is 4.32. The average Bonchev–Trinajstić information content (AvgIpc) is 3.04. The topological polar surface area (TPSA) is 93.7 Å². The van der Waals surface area contributed by atoms with Crippen LogP contribution in [0.15, 0.2) is 30.3 Å². The minimum Gasteiger partial charge on any atom is -0.493 e. The number of para-hydroxylation sites is 2. The molecular formula is C20H26N4O3. The molecule has 0 bridgehead atoms. The van der Waals surface area contributed by atoms with E-state index >= 15 is 0 Å². The quantitative estimate of drug-likeness (QED) is 0.850. The minimum absolute atomic E-state index is 0.236. The smallest absolute Gasteiger partial charge is 0.222 e. The van der Waals surface area contributed by atoms with Crippen molar-refractivity contribution >= 4 is 11.8 Å². The number of aliphatic hydroxyl groups excluding tert-OH is 1. The van der Waals surface area contributed by atoms with Crippen LogP contribution in [0.5, 0.6) is 11.5 Å². The van der Waals surface area contributed by atoms with Crippen molar-refractivity contribution in [2.45, 2.75) is 32.0 Å². The van der Waals surface area contributed by atoms with Crippen LogP contribution in [0.25, 0.3) is 0 Å². The first-order chi connectivity index (χ1) is 13.0. The molecule has 1 aromatic carbocycles. The van der Waals surface area contributed by atoms with Crippen molar-refractivity contribution in [3.8, 4) is 11.5 Å². The molecule has 2 fully saturated rings. The van der Waals surface area contributed by atoms with Crippen LogP contribution in [0.2, 0.25) is 0 Å². The Bertz CT molecular complexity index is 795. The van der Waals surface area contributed by atoms with Gasteiger partial charge >= 0.3 is 0 Å². The summed E-state index contributed by atoms with van der Waals surface area (Å²) in [6.07, 6.45) is 0.800. The molecule has 0 radical (unpaired) electrons.